The smallest absolute Gasteiger partial charge is 0.325 e. The number of carbonyl (C=O) groups is 2. The highest BCUT2D eigenvalue weighted by atomic mass is 16.5. The number of methoxy groups -OCH3 is 1. The third-order valence-corrected chi connectivity index (χ3v) is 3.53. The first-order valence-corrected chi connectivity index (χ1v) is 7.43. The summed E-state index contributed by atoms with van der Waals surface area (Å²) in [6.45, 7) is 7.90. The molecular weight excluding hydrogens is 266 g/mol. The van der Waals surface area contributed by atoms with Crippen molar-refractivity contribution in [2.75, 3.05) is 13.7 Å². The minimum Gasteiger partial charge on any atom is -0.468 e. The molecule has 0 N–H and O–H groups in total. The van der Waals surface area contributed by atoms with Gasteiger partial charge in [0.1, 0.15) is 6.54 Å². The zero-order chi connectivity index (χ0) is 16.0. The molecule has 0 radical (unpaired) electrons. The molecule has 0 aliphatic carbocycles. The third-order valence-electron chi connectivity index (χ3n) is 3.53. The Kier molecular flexibility index (Phi) is 6.40. The van der Waals surface area contributed by atoms with E-state index in [1.54, 1.807) is 4.90 Å². The molecule has 0 unspecified atom stereocenters. The standard InChI is InChI=1S/C17H25NO3/c1-6-13-8-14(7-2)10-15(9-13)17(20)18(12(3)4)11-16(19)21-5/h8-10,12H,6-7,11H2,1-5H3. The Morgan fingerprint density at radius 2 is 1.62 bits per heavy atom. The van der Waals surface area contributed by atoms with Gasteiger partial charge in [-0.3, -0.25) is 9.59 Å². The van der Waals surface area contributed by atoms with Crippen LogP contribution in [0.4, 0.5) is 0 Å². The quantitative estimate of drug-likeness (QED) is 0.757. The fourth-order valence-electron chi connectivity index (χ4n) is 2.15. The van der Waals surface area contributed by atoms with E-state index in [1.165, 1.54) is 7.11 Å². The normalized spacial score (nSPS) is 10.6. The van der Waals surface area contributed by atoms with Crippen molar-refractivity contribution >= 4 is 11.9 Å². The zero-order valence-corrected chi connectivity index (χ0v) is 13.6. The lowest BCUT2D eigenvalue weighted by atomic mass is 10.0. The van der Waals surface area contributed by atoms with Gasteiger partial charge < -0.3 is 9.64 Å². The molecule has 0 heterocycles. The van der Waals surface area contributed by atoms with Crippen LogP contribution in [0.5, 0.6) is 0 Å². The lowest BCUT2D eigenvalue weighted by Gasteiger charge is -2.26. The minimum atomic E-state index is -0.403. The molecule has 116 valence electrons. The lowest BCUT2D eigenvalue weighted by molar-refractivity contribution is -0.141. The summed E-state index contributed by atoms with van der Waals surface area (Å²) in [6.07, 6.45) is 1.76. The molecule has 1 aromatic rings. The van der Waals surface area contributed by atoms with Crippen LogP contribution in [-0.2, 0) is 22.4 Å². The first-order valence-electron chi connectivity index (χ1n) is 7.43. The Bertz CT molecular complexity index is 487. The molecule has 1 aromatic carbocycles. The van der Waals surface area contributed by atoms with Crippen LogP contribution < -0.4 is 0 Å². The van der Waals surface area contributed by atoms with Crippen molar-refractivity contribution in [1.29, 1.82) is 0 Å². The van der Waals surface area contributed by atoms with Gasteiger partial charge in [-0.1, -0.05) is 19.9 Å². The van der Waals surface area contributed by atoms with Crippen LogP contribution in [0.3, 0.4) is 0 Å². The molecule has 1 amide bonds. The molecule has 0 aliphatic heterocycles. The van der Waals surface area contributed by atoms with Crippen LogP contribution in [0.2, 0.25) is 0 Å². The lowest BCUT2D eigenvalue weighted by Crippen LogP contribution is -2.41. The molecule has 0 saturated carbocycles. The second-order valence-electron chi connectivity index (χ2n) is 5.35. The predicted molar refractivity (Wildman–Crippen MR) is 83.4 cm³/mol. The second-order valence-corrected chi connectivity index (χ2v) is 5.35. The van der Waals surface area contributed by atoms with Crippen molar-refractivity contribution in [3.05, 3.63) is 34.9 Å². The number of amides is 1. The van der Waals surface area contributed by atoms with Crippen molar-refractivity contribution in [1.82, 2.24) is 4.90 Å². The maximum atomic E-state index is 12.7. The molecule has 0 aliphatic rings. The summed E-state index contributed by atoms with van der Waals surface area (Å²) in [7, 11) is 1.33. The van der Waals surface area contributed by atoms with Gasteiger partial charge in [0.25, 0.3) is 5.91 Å². The van der Waals surface area contributed by atoms with E-state index >= 15 is 0 Å². The Labute approximate surface area is 127 Å². The summed E-state index contributed by atoms with van der Waals surface area (Å²) < 4.78 is 4.67. The highest BCUT2D eigenvalue weighted by Crippen LogP contribution is 2.15. The first kappa shape index (κ1) is 17.2. The molecule has 0 fully saturated rings. The van der Waals surface area contributed by atoms with Crippen molar-refractivity contribution in [3.63, 3.8) is 0 Å². The van der Waals surface area contributed by atoms with E-state index in [0.29, 0.717) is 5.56 Å². The monoisotopic (exact) mass is 291 g/mol. The van der Waals surface area contributed by atoms with Gasteiger partial charge in [0.05, 0.1) is 7.11 Å². The fraction of sp³-hybridized carbons (Fsp3) is 0.529. The van der Waals surface area contributed by atoms with Gasteiger partial charge in [-0.15, -0.1) is 0 Å². The SMILES string of the molecule is CCc1cc(CC)cc(C(=O)N(CC(=O)OC)C(C)C)c1. The summed E-state index contributed by atoms with van der Waals surface area (Å²) in [4.78, 5) is 25.7. The number of nitrogens with zero attached hydrogens (tertiary/aromatic N) is 1. The van der Waals surface area contributed by atoms with E-state index in [-0.39, 0.29) is 18.5 Å². The number of benzene rings is 1. The van der Waals surface area contributed by atoms with E-state index in [4.69, 9.17) is 0 Å². The van der Waals surface area contributed by atoms with Crippen LogP contribution in [0, 0.1) is 0 Å². The summed E-state index contributed by atoms with van der Waals surface area (Å²) in [5, 5.41) is 0. The van der Waals surface area contributed by atoms with Gasteiger partial charge >= 0.3 is 5.97 Å². The molecule has 4 nitrogen and oxygen atoms in total. The molecule has 0 aromatic heterocycles. The van der Waals surface area contributed by atoms with E-state index in [0.717, 1.165) is 24.0 Å². The molecule has 4 heteroatoms. The van der Waals surface area contributed by atoms with Gasteiger partial charge in [-0.25, -0.2) is 0 Å². The van der Waals surface area contributed by atoms with Gasteiger partial charge in [0, 0.05) is 11.6 Å². The number of aryl methyl sites for hydroxylation is 2. The maximum absolute atomic E-state index is 12.7. The zero-order valence-electron chi connectivity index (χ0n) is 13.6. The van der Waals surface area contributed by atoms with Gasteiger partial charge in [-0.2, -0.15) is 0 Å². The summed E-state index contributed by atoms with van der Waals surface area (Å²) in [6, 6.07) is 5.88. The number of esters is 1. The van der Waals surface area contributed by atoms with E-state index in [2.05, 4.69) is 24.7 Å². The van der Waals surface area contributed by atoms with Crippen molar-refractivity contribution in [3.8, 4) is 0 Å². The largest absolute Gasteiger partial charge is 0.468 e. The first-order chi connectivity index (χ1) is 9.92. The minimum absolute atomic E-state index is 0.0230. The van der Waals surface area contributed by atoms with Crippen molar-refractivity contribution in [2.24, 2.45) is 0 Å². The number of hydrogen-bond acceptors (Lipinski definition) is 3. The van der Waals surface area contributed by atoms with Crippen LogP contribution in [0.15, 0.2) is 18.2 Å². The Morgan fingerprint density at radius 1 is 1.10 bits per heavy atom. The summed E-state index contributed by atoms with van der Waals surface area (Å²) in [5.74, 6) is -0.528. The average molecular weight is 291 g/mol. The highest BCUT2D eigenvalue weighted by molar-refractivity contribution is 5.96. The topological polar surface area (TPSA) is 46.6 Å². The number of ether oxygens (including phenoxy) is 1. The van der Waals surface area contributed by atoms with Gasteiger partial charge in [-0.05, 0) is 49.9 Å². The summed E-state index contributed by atoms with van der Waals surface area (Å²) in [5.41, 5.74) is 2.92. The Balaban J connectivity index is 3.10. The van der Waals surface area contributed by atoms with Crippen molar-refractivity contribution in [2.45, 2.75) is 46.6 Å². The average Bonchev–Trinajstić information content (AvgIpc) is 2.50. The van der Waals surface area contributed by atoms with E-state index in [9.17, 15) is 9.59 Å². The predicted octanol–water partition coefficient (Wildman–Crippen LogP) is 2.84. The third kappa shape index (κ3) is 4.59. The molecule has 0 saturated heterocycles. The molecular formula is C17H25NO3. The molecule has 0 spiro atoms. The van der Waals surface area contributed by atoms with Crippen molar-refractivity contribution < 1.29 is 14.3 Å². The molecule has 0 atom stereocenters. The van der Waals surface area contributed by atoms with Crippen LogP contribution in [-0.4, -0.2) is 36.5 Å². The van der Waals surface area contributed by atoms with Crippen LogP contribution in [0.1, 0.15) is 49.2 Å². The number of carbonyl (C=O) groups excluding carboxylic acids is 2. The van der Waals surface area contributed by atoms with Gasteiger partial charge in [0.2, 0.25) is 0 Å². The molecule has 0 bridgehead atoms. The molecule has 21 heavy (non-hydrogen) atoms. The second kappa shape index (κ2) is 7.81. The van der Waals surface area contributed by atoms with E-state index in [1.807, 2.05) is 26.0 Å². The van der Waals surface area contributed by atoms with Crippen LogP contribution in [0.25, 0.3) is 0 Å². The Hall–Kier alpha value is -1.84. The highest BCUT2D eigenvalue weighted by Gasteiger charge is 2.22. The maximum Gasteiger partial charge on any atom is 0.325 e. The van der Waals surface area contributed by atoms with E-state index < -0.39 is 5.97 Å². The Morgan fingerprint density at radius 3 is 2.00 bits per heavy atom. The molecule has 1 rings (SSSR count). The number of rotatable bonds is 6. The fourth-order valence-corrected chi connectivity index (χ4v) is 2.15. The number of hydrogen-bond donors (Lipinski definition) is 0. The summed E-state index contributed by atoms with van der Waals surface area (Å²) >= 11 is 0. The van der Waals surface area contributed by atoms with Gasteiger partial charge in [0.15, 0.2) is 0 Å². The van der Waals surface area contributed by atoms with Crippen LogP contribution >= 0.6 is 0 Å².